The van der Waals surface area contributed by atoms with Crippen LogP contribution in [0.1, 0.15) is 55.9 Å². The first-order valence-corrected chi connectivity index (χ1v) is 10.6. The average Bonchev–Trinajstić information content (AvgIpc) is 3.15. The second-order valence-electron chi connectivity index (χ2n) is 8.53. The number of ether oxygens (including phenoxy) is 1. The van der Waals surface area contributed by atoms with Crippen molar-refractivity contribution in [2.75, 3.05) is 20.2 Å². The Morgan fingerprint density at radius 2 is 2.00 bits per heavy atom. The maximum atomic E-state index is 13.2. The summed E-state index contributed by atoms with van der Waals surface area (Å²) in [7, 11) is 1.64. The number of methoxy groups -OCH3 is 1. The van der Waals surface area contributed by atoms with Gasteiger partial charge in [-0.3, -0.25) is 9.69 Å². The molecule has 3 heterocycles. The molecule has 7 heteroatoms. The summed E-state index contributed by atoms with van der Waals surface area (Å²) in [6.45, 7) is 6.19. The van der Waals surface area contributed by atoms with E-state index < -0.39 is 0 Å². The number of nitrogens with one attached hydrogen (secondary N) is 1. The van der Waals surface area contributed by atoms with Crippen LogP contribution in [0, 0.1) is 5.41 Å². The van der Waals surface area contributed by atoms with Crippen molar-refractivity contribution in [3.8, 4) is 0 Å². The predicted molar refractivity (Wildman–Crippen MR) is 110 cm³/mol. The lowest BCUT2D eigenvalue weighted by atomic mass is 9.79. The lowest BCUT2D eigenvalue weighted by Gasteiger charge is -2.39. The first-order valence-electron chi connectivity index (χ1n) is 10.6. The van der Waals surface area contributed by atoms with Crippen molar-refractivity contribution >= 4 is 5.91 Å². The van der Waals surface area contributed by atoms with Gasteiger partial charge in [-0.1, -0.05) is 37.3 Å². The molecule has 1 fully saturated rings. The van der Waals surface area contributed by atoms with Crippen LogP contribution in [0.2, 0.25) is 0 Å². The van der Waals surface area contributed by atoms with Crippen molar-refractivity contribution < 1.29 is 9.53 Å². The van der Waals surface area contributed by atoms with Gasteiger partial charge in [-0.05, 0) is 44.3 Å². The van der Waals surface area contributed by atoms with Crippen LogP contribution in [-0.2, 0) is 29.2 Å². The van der Waals surface area contributed by atoms with Crippen LogP contribution in [0.5, 0.6) is 0 Å². The summed E-state index contributed by atoms with van der Waals surface area (Å²) < 4.78 is 7.08. The molecule has 0 radical (unpaired) electrons. The number of carbonyl (C=O) groups is 1. The van der Waals surface area contributed by atoms with Crippen molar-refractivity contribution in [2.24, 2.45) is 5.41 Å². The number of aryl methyl sites for hydroxylation is 1. The monoisotopic (exact) mass is 397 g/mol. The summed E-state index contributed by atoms with van der Waals surface area (Å²) in [5.74, 6) is 1.69. The standard InChI is InChI=1S/C22H31N5O2/c1-22(10-13-26(14-11-22)15-17-7-4-3-5-8-17)21(28)23-18-9-6-12-27-20(18)24-19(25-27)16-29-2/h3-5,7-8,18H,6,9-16H2,1-2H3,(H,23,28). The Kier molecular flexibility index (Phi) is 5.96. The van der Waals surface area contributed by atoms with E-state index in [1.165, 1.54) is 5.56 Å². The molecule has 1 saturated heterocycles. The van der Waals surface area contributed by atoms with Crippen molar-refractivity contribution in [1.82, 2.24) is 25.0 Å². The van der Waals surface area contributed by atoms with E-state index in [9.17, 15) is 4.79 Å². The lowest BCUT2D eigenvalue weighted by Crippen LogP contribution is -2.48. The van der Waals surface area contributed by atoms with Gasteiger partial charge in [0.2, 0.25) is 5.91 Å². The van der Waals surface area contributed by atoms with Crippen LogP contribution in [-0.4, -0.2) is 45.8 Å². The lowest BCUT2D eigenvalue weighted by molar-refractivity contribution is -0.133. The number of piperidine rings is 1. The van der Waals surface area contributed by atoms with E-state index in [0.717, 1.165) is 57.7 Å². The zero-order valence-electron chi connectivity index (χ0n) is 17.4. The first-order chi connectivity index (χ1) is 14.1. The molecule has 2 aromatic rings. The normalized spacial score (nSPS) is 21.5. The van der Waals surface area contributed by atoms with Gasteiger partial charge in [0.15, 0.2) is 5.82 Å². The highest BCUT2D eigenvalue weighted by atomic mass is 16.5. The Labute approximate surface area is 172 Å². The molecule has 4 rings (SSSR count). The third kappa shape index (κ3) is 4.51. The highest BCUT2D eigenvalue weighted by Gasteiger charge is 2.38. The number of hydrogen-bond donors (Lipinski definition) is 1. The molecule has 0 aliphatic carbocycles. The fourth-order valence-electron chi connectivity index (χ4n) is 4.33. The molecule has 2 aliphatic rings. The molecule has 7 nitrogen and oxygen atoms in total. The quantitative estimate of drug-likeness (QED) is 0.811. The zero-order chi connectivity index (χ0) is 20.3. The molecule has 1 atom stereocenters. The summed E-state index contributed by atoms with van der Waals surface area (Å²) in [5.41, 5.74) is 0.999. The van der Waals surface area contributed by atoms with Crippen LogP contribution < -0.4 is 5.32 Å². The van der Waals surface area contributed by atoms with E-state index in [1.807, 2.05) is 10.7 Å². The number of benzene rings is 1. The summed E-state index contributed by atoms with van der Waals surface area (Å²) >= 11 is 0. The summed E-state index contributed by atoms with van der Waals surface area (Å²) in [4.78, 5) is 20.2. The molecular weight excluding hydrogens is 366 g/mol. The van der Waals surface area contributed by atoms with Crippen LogP contribution >= 0.6 is 0 Å². The summed E-state index contributed by atoms with van der Waals surface area (Å²) in [6, 6.07) is 10.5. The number of amides is 1. The van der Waals surface area contributed by atoms with E-state index in [0.29, 0.717) is 12.4 Å². The van der Waals surface area contributed by atoms with Gasteiger partial charge >= 0.3 is 0 Å². The molecule has 1 unspecified atom stereocenters. The van der Waals surface area contributed by atoms with Crippen LogP contribution in [0.15, 0.2) is 30.3 Å². The Balaban J connectivity index is 1.36. The largest absolute Gasteiger partial charge is 0.377 e. The minimum atomic E-state index is -0.329. The molecule has 0 bridgehead atoms. The van der Waals surface area contributed by atoms with E-state index in [-0.39, 0.29) is 17.4 Å². The molecule has 29 heavy (non-hydrogen) atoms. The number of likely N-dealkylation sites (tertiary alicyclic amines) is 1. The molecule has 1 aromatic heterocycles. The van der Waals surface area contributed by atoms with Gasteiger partial charge in [-0.2, -0.15) is 5.10 Å². The van der Waals surface area contributed by atoms with Crippen LogP contribution in [0.25, 0.3) is 0 Å². The molecule has 2 aliphatic heterocycles. The van der Waals surface area contributed by atoms with E-state index in [4.69, 9.17) is 4.74 Å². The van der Waals surface area contributed by atoms with Gasteiger partial charge in [-0.25, -0.2) is 9.67 Å². The minimum Gasteiger partial charge on any atom is -0.377 e. The second-order valence-corrected chi connectivity index (χ2v) is 8.53. The van der Waals surface area contributed by atoms with Crippen molar-refractivity contribution in [3.63, 3.8) is 0 Å². The minimum absolute atomic E-state index is 0.0615. The molecule has 1 amide bonds. The number of aromatic nitrogens is 3. The Hall–Kier alpha value is -2.25. The predicted octanol–water partition coefficient (Wildman–Crippen LogP) is 2.68. The number of nitrogens with zero attached hydrogens (tertiary/aromatic N) is 4. The fraction of sp³-hybridized carbons (Fsp3) is 0.591. The average molecular weight is 398 g/mol. The highest BCUT2D eigenvalue weighted by molar-refractivity contribution is 5.82. The third-order valence-corrected chi connectivity index (χ3v) is 6.25. The molecule has 0 spiro atoms. The van der Waals surface area contributed by atoms with Crippen LogP contribution in [0.3, 0.4) is 0 Å². The highest BCUT2D eigenvalue weighted by Crippen LogP contribution is 2.33. The number of hydrogen-bond acceptors (Lipinski definition) is 5. The van der Waals surface area contributed by atoms with Gasteiger partial charge in [0.25, 0.3) is 0 Å². The Morgan fingerprint density at radius 3 is 2.72 bits per heavy atom. The second kappa shape index (κ2) is 8.63. The number of rotatable bonds is 6. The summed E-state index contributed by atoms with van der Waals surface area (Å²) in [6.07, 6.45) is 3.66. The number of fused-ring (bicyclic) bond motifs is 1. The molecule has 156 valence electrons. The summed E-state index contributed by atoms with van der Waals surface area (Å²) in [5, 5.41) is 7.78. The zero-order valence-corrected chi connectivity index (χ0v) is 17.4. The SMILES string of the molecule is COCc1nc2n(n1)CCCC2NC(=O)C1(C)CCN(Cc2ccccc2)CC1. The Bertz CT molecular complexity index is 827. The van der Waals surface area contributed by atoms with Crippen molar-refractivity contribution in [1.29, 1.82) is 0 Å². The van der Waals surface area contributed by atoms with Gasteiger partial charge < -0.3 is 10.1 Å². The van der Waals surface area contributed by atoms with Crippen molar-refractivity contribution in [2.45, 2.75) is 58.3 Å². The third-order valence-electron chi connectivity index (χ3n) is 6.25. The van der Waals surface area contributed by atoms with E-state index in [1.54, 1.807) is 7.11 Å². The first kappa shape index (κ1) is 20.0. The molecule has 0 saturated carbocycles. The fourth-order valence-corrected chi connectivity index (χ4v) is 4.33. The number of carbonyl (C=O) groups excluding carboxylic acids is 1. The van der Waals surface area contributed by atoms with E-state index >= 15 is 0 Å². The van der Waals surface area contributed by atoms with Gasteiger partial charge in [0, 0.05) is 25.6 Å². The smallest absolute Gasteiger partial charge is 0.226 e. The maximum absolute atomic E-state index is 13.2. The van der Waals surface area contributed by atoms with Crippen molar-refractivity contribution in [3.05, 3.63) is 47.5 Å². The van der Waals surface area contributed by atoms with E-state index in [2.05, 4.69) is 51.5 Å². The Morgan fingerprint density at radius 1 is 1.24 bits per heavy atom. The maximum Gasteiger partial charge on any atom is 0.226 e. The van der Waals surface area contributed by atoms with Crippen LogP contribution in [0.4, 0.5) is 0 Å². The molecule has 1 N–H and O–H groups in total. The van der Waals surface area contributed by atoms with Gasteiger partial charge in [0.05, 0.1) is 6.04 Å². The van der Waals surface area contributed by atoms with Gasteiger partial charge in [-0.15, -0.1) is 0 Å². The molecule has 1 aromatic carbocycles. The molecular formula is C22H31N5O2. The topological polar surface area (TPSA) is 72.3 Å². The van der Waals surface area contributed by atoms with Gasteiger partial charge in [0.1, 0.15) is 12.4 Å².